The molecular formula is C18H22N4S. The largest absolute Gasteiger partial charge is 0.337 e. The molecule has 0 bridgehead atoms. The molecule has 2 aromatic rings. The van der Waals surface area contributed by atoms with Crippen molar-refractivity contribution in [2.24, 2.45) is 5.92 Å². The highest BCUT2D eigenvalue weighted by atomic mass is 32.2. The van der Waals surface area contributed by atoms with Crippen molar-refractivity contribution in [2.75, 3.05) is 18.4 Å². The van der Waals surface area contributed by atoms with Gasteiger partial charge in [-0.3, -0.25) is 4.90 Å². The first-order valence-corrected chi connectivity index (χ1v) is 9.24. The van der Waals surface area contributed by atoms with Gasteiger partial charge in [-0.2, -0.15) is 0 Å². The second-order valence-electron chi connectivity index (χ2n) is 6.40. The van der Waals surface area contributed by atoms with Gasteiger partial charge >= 0.3 is 0 Å². The highest BCUT2D eigenvalue weighted by Crippen LogP contribution is 2.42. The monoisotopic (exact) mass is 326 g/mol. The summed E-state index contributed by atoms with van der Waals surface area (Å²) in [5.41, 5.74) is 2.53. The van der Waals surface area contributed by atoms with E-state index in [4.69, 9.17) is 0 Å². The third-order valence-electron chi connectivity index (χ3n) is 4.86. The summed E-state index contributed by atoms with van der Waals surface area (Å²) in [6.45, 7) is 5.81. The third-order valence-corrected chi connectivity index (χ3v) is 5.93. The van der Waals surface area contributed by atoms with Crippen molar-refractivity contribution in [3.63, 3.8) is 0 Å². The van der Waals surface area contributed by atoms with Crippen LogP contribution >= 0.6 is 11.8 Å². The average molecular weight is 326 g/mol. The van der Waals surface area contributed by atoms with Crippen LogP contribution in [0.1, 0.15) is 31.7 Å². The lowest BCUT2D eigenvalue weighted by Crippen LogP contribution is -2.33. The number of nitrogens with zero attached hydrogens (tertiary/aromatic N) is 3. The lowest BCUT2D eigenvalue weighted by Gasteiger charge is -2.31. The number of anilines is 2. The molecule has 0 radical (unpaired) electrons. The number of piperidine rings is 1. The van der Waals surface area contributed by atoms with Crippen LogP contribution in [0.15, 0.2) is 40.5 Å². The molecule has 0 unspecified atom stereocenters. The maximum absolute atomic E-state index is 4.38. The third kappa shape index (κ3) is 3.21. The van der Waals surface area contributed by atoms with Gasteiger partial charge in [0.05, 0.1) is 5.69 Å². The highest BCUT2D eigenvalue weighted by Gasteiger charge is 2.20. The van der Waals surface area contributed by atoms with Gasteiger partial charge in [0.2, 0.25) is 0 Å². The molecule has 4 nitrogen and oxygen atoms in total. The molecule has 0 amide bonds. The fourth-order valence-corrected chi connectivity index (χ4v) is 4.27. The minimum absolute atomic E-state index is 0.867. The Morgan fingerprint density at radius 1 is 1.22 bits per heavy atom. The van der Waals surface area contributed by atoms with Crippen molar-refractivity contribution in [1.29, 1.82) is 0 Å². The molecule has 3 heterocycles. The van der Waals surface area contributed by atoms with Crippen LogP contribution in [0.3, 0.4) is 0 Å². The van der Waals surface area contributed by atoms with Gasteiger partial charge in [-0.15, -0.1) is 0 Å². The normalized spacial score (nSPS) is 18.1. The van der Waals surface area contributed by atoms with Crippen molar-refractivity contribution in [3.05, 3.63) is 36.2 Å². The van der Waals surface area contributed by atoms with Gasteiger partial charge in [0.1, 0.15) is 5.03 Å². The first kappa shape index (κ1) is 15.0. The first-order chi connectivity index (χ1) is 11.3. The minimum Gasteiger partial charge on any atom is -0.337 e. The van der Waals surface area contributed by atoms with Crippen LogP contribution in [-0.2, 0) is 6.54 Å². The number of benzene rings is 1. The van der Waals surface area contributed by atoms with E-state index in [0.717, 1.165) is 29.0 Å². The Bertz CT molecular complexity index is 695. The van der Waals surface area contributed by atoms with Gasteiger partial charge in [-0.05, 0) is 49.5 Å². The quantitative estimate of drug-likeness (QED) is 0.777. The zero-order valence-corrected chi connectivity index (χ0v) is 14.3. The van der Waals surface area contributed by atoms with Gasteiger partial charge in [0.15, 0.2) is 5.82 Å². The SMILES string of the molecule is CCC1CCN(Cc2ccc3c(c2)Nc2nccnc2S3)CC1. The summed E-state index contributed by atoms with van der Waals surface area (Å²) in [6.07, 6.45) is 7.50. The smallest absolute Gasteiger partial charge is 0.163 e. The zero-order chi connectivity index (χ0) is 15.6. The summed E-state index contributed by atoms with van der Waals surface area (Å²) in [4.78, 5) is 12.6. The minimum atomic E-state index is 0.867. The van der Waals surface area contributed by atoms with Crippen molar-refractivity contribution in [1.82, 2.24) is 14.9 Å². The Balaban J connectivity index is 1.46. The van der Waals surface area contributed by atoms with E-state index < -0.39 is 0 Å². The van der Waals surface area contributed by atoms with E-state index in [-0.39, 0.29) is 0 Å². The van der Waals surface area contributed by atoms with E-state index in [1.54, 1.807) is 24.2 Å². The van der Waals surface area contributed by atoms with Gasteiger partial charge in [-0.1, -0.05) is 31.2 Å². The second kappa shape index (κ2) is 6.49. The van der Waals surface area contributed by atoms with E-state index in [9.17, 15) is 0 Å². The van der Waals surface area contributed by atoms with Crippen LogP contribution < -0.4 is 5.32 Å². The highest BCUT2D eigenvalue weighted by molar-refractivity contribution is 7.99. The van der Waals surface area contributed by atoms with Crippen molar-refractivity contribution < 1.29 is 0 Å². The van der Waals surface area contributed by atoms with Crippen LogP contribution in [0.2, 0.25) is 0 Å². The summed E-state index contributed by atoms with van der Waals surface area (Å²) < 4.78 is 0. The van der Waals surface area contributed by atoms with Crippen LogP contribution in [0, 0.1) is 5.92 Å². The lowest BCUT2D eigenvalue weighted by atomic mass is 9.94. The Kier molecular flexibility index (Phi) is 4.23. The Morgan fingerprint density at radius 3 is 2.87 bits per heavy atom. The first-order valence-electron chi connectivity index (χ1n) is 8.43. The molecule has 2 aliphatic heterocycles. The molecule has 1 fully saturated rings. The van der Waals surface area contributed by atoms with Crippen LogP contribution in [0.25, 0.3) is 0 Å². The fourth-order valence-electron chi connectivity index (χ4n) is 3.39. The summed E-state index contributed by atoms with van der Waals surface area (Å²) in [5.74, 6) is 1.80. The molecule has 23 heavy (non-hydrogen) atoms. The molecule has 0 atom stereocenters. The maximum atomic E-state index is 4.38. The number of fused-ring (bicyclic) bond motifs is 2. The van der Waals surface area contributed by atoms with Crippen LogP contribution in [0.5, 0.6) is 0 Å². The molecule has 1 N–H and O–H groups in total. The number of likely N-dealkylation sites (tertiary alicyclic amines) is 1. The number of aromatic nitrogens is 2. The van der Waals surface area contributed by atoms with E-state index >= 15 is 0 Å². The molecular weight excluding hydrogens is 304 g/mol. The van der Waals surface area contributed by atoms with Gasteiger partial charge in [-0.25, -0.2) is 9.97 Å². The van der Waals surface area contributed by atoms with E-state index in [1.807, 2.05) is 0 Å². The van der Waals surface area contributed by atoms with Gasteiger partial charge in [0.25, 0.3) is 0 Å². The Hall–Kier alpha value is -1.59. The second-order valence-corrected chi connectivity index (χ2v) is 7.43. The molecule has 2 aliphatic rings. The molecule has 1 aromatic carbocycles. The van der Waals surface area contributed by atoms with E-state index in [1.165, 1.54) is 42.8 Å². The number of nitrogens with one attached hydrogen (secondary N) is 1. The topological polar surface area (TPSA) is 41.0 Å². The lowest BCUT2D eigenvalue weighted by molar-refractivity contribution is 0.175. The Labute approximate surface area is 141 Å². The van der Waals surface area contributed by atoms with E-state index in [0.29, 0.717) is 0 Å². The van der Waals surface area contributed by atoms with Gasteiger partial charge in [0, 0.05) is 23.8 Å². The van der Waals surface area contributed by atoms with Crippen LogP contribution in [-0.4, -0.2) is 28.0 Å². The molecule has 4 rings (SSSR count). The molecule has 0 saturated carbocycles. The summed E-state index contributed by atoms with van der Waals surface area (Å²) in [6, 6.07) is 6.73. The molecule has 1 aromatic heterocycles. The standard InChI is InChI=1S/C18H22N4S/c1-2-13-5-9-22(10-6-13)12-14-3-4-16-15(11-14)21-17-18(23-16)20-8-7-19-17/h3-4,7-8,11,13H,2,5-6,9-10,12H2,1H3,(H,19,21). The molecule has 0 spiro atoms. The number of rotatable bonds is 3. The molecule has 5 heteroatoms. The summed E-state index contributed by atoms with van der Waals surface area (Å²) >= 11 is 1.69. The van der Waals surface area contributed by atoms with Crippen molar-refractivity contribution in [2.45, 2.75) is 42.7 Å². The predicted octanol–water partition coefficient (Wildman–Crippen LogP) is 4.31. The number of hydrogen-bond acceptors (Lipinski definition) is 5. The van der Waals surface area contributed by atoms with Crippen molar-refractivity contribution in [3.8, 4) is 0 Å². The van der Waals surface area contributed by atoms with Crippen LogP contribution in [0.4, 0.5) is 11.5 Å². The molecule has 120 valence electrons. The average Bonchev–Trinajstić information content (AvgIpc) is 2.60. The molecule has 0 aliphatic carbocycles. The fraction of sp³-hybridized carbons (Fsp3) is 0.444. The maximum Gasteiger partial charge on any atom is 0.163 e. The van der Waals surface area contributed by atoms with Gasteiger partial charge < -0.3 is 5.32 Å². The van der Waals surface area contributed by atoms with Crippen molar-refractivity contribution >= 4 is 23.3 Å². The zero-order valence-electron chi connectivity index (χ0n) is 13.5. The molecule has 1 saturated heterocycles. The summed E-state index contributed by atoms with van der Waals surface area (Å²) in [7, 11) is 0. The Morgan fingerprint density at radius 2 is 2.04 bits per heavy atom. The predicted molar refractivity (Wildman–Crippen MR) is 94.2 cm³/mol. The number of hydrogen-bond donors (Lipinski definition) is 1. The van der Waals surface area contributed by atoms with E-state index in [2.05, 4.69) is 45.3 Å². The summed E-state index contributed by atoms with van der Waals surface area (Å²) in [5, 5.41) is 4.37.